The quantitative estimate of drug-likeness (QED) is 0.890. The fourth-order valence-electron chi connectivity index (χ4n) is 2.99. The smallest absolute Gasteiger partial charge is 0.0777 e. The van der Waals surface area contributed by atoms with Gasteiger partial charge in [0, 0.05) is 38.5 Å². The van der Waals surface area contributed by atoms with Gasteiger partial charge in [-0.1, -0.05) is 0 Å². The Bertz CT molecular complexity index is 431. The summed E-state index contributed by atoms with van der Waals surface area (Å²) in [5.41, 5.74) is 8.41. The molecule has 1 saturated heterocycles. The Morgan fingerprint density at radius 2 is 2.32 bits per heavy atom. The number of rotatable bonds is 4. The van der Waals surface area contributed by atoms with E-state index in [2.05, 4.69) is 23.8 Å². The normalized spacial score (nSPS) is 26.6. The van der Waals surface area contributed by atoms with Crippen LogP contribution in [-0.4, -0.2) is 47.0 Å². The minimum atomic E-state index is -0.0538. The number of nitrogens with two attached hydrogens (primary N) is 1. The van der Waals surface area contributed by atoms with E-state index in [9.17, 15) is 0 Å². The lowest BCUT2D eigenvalue weighted by molar-refractivity contribution is -0.0608. The van der Waals surface area contributed by atoms with Crippen LogP contribution in [0, 0.1) is 6.92 Å². The second-order valence-corrected chi connectivity index (χ2v) is 5.79. The van der Waals surface area contributed by atoms with Crippen molar-refractivity contribution in [3.05, 3.63) is 17.5 Å². The average molecular weight is 266 g/mol. The first-order valence-corrected chi connectivity index (χ1v) is 6.98. The zero-order chi connectivity index (χ0) is 14.0. The van der Waals surface area contributed by atoms with E-state index in [0.29, 0.717) is 6.54 Å². The van der Waals surface area contributed by atoms with E-state index in [1.165, 1.54) is 11.3 Å². The first-order chi connectivity index (χ1) is 9.00. The van der Waals surface area contributed by atoms with E-state index in [-0.39, 0.29) is 11.6 Å². The zero-order valence-corrected chi connectivity index (χ0v) is 12.5. The molecule has 2 rings (SSSR count). The molecule has 108 valence electrons. The third-order valence-corrected chi connectivity index (χ3v) is 4.48. The molecular weight excluding hydrogens is 240 g/mol. The van der Waals surface area contributed by atoms with Gasteiger partial charge in [-0.25, -0.2) is 0 Å². The lowest BCUT2D eigenvalue weighted by Gasteiger charge is -2.43. The van der Waals surface area contributed by atoms with Crippen LogP contribution in [0.4, 0.5) is 0 Å². The lowest BCUT2D eigenvalue weighted by atomic mass is 9.92. The SMILES string of the molecule is COC1(C)CCCN(C(CN)c2cnn(C)c2C)C1. The summed E-state index contributed by atoms with van der Waals surface area (Å²) in [7, 11) is 3.78. The number of aryl methyl sites for hydroxylation is 1. The molecule has 2 N–H and O–H groups in total. The van der Waals surface area contributed by atoms with Gasteiger partial charge in [-0.3, -0.25) is 9.58 Å². The van der Waals surface area contributed by atoms with Crippen molar-refractivity contribution < 1.29 is 4.74 Å². The first-order valence-electron chi connectivity index (χ1n) is 6.98. The predicted molar refractivity (Wildman–Crippen MR) is 76.0 cm³/mol. The van der Waals surface area contributed by atoms with E-state index in [1.54, 1.807) is 7.11 Å². The summed E-state index contributed by atoms with van der Waals surface area (Å²) in [6.45, 7) is 6.91. The molecule has 19 heavy (non-hydrogen) atoms. The third-order valence-electron chi connectivity index (χ3n) is 4.48. The van der Waals surface area contributed by atoms with E-state index in [0.717, 1.165) is 25.9 Å². The van der Waals surface area contributed by atoms with Crippen LogP contribution in [0.25, 0.3) is 0 Å². The van der Waals surface area contributed by atoms with Crippen LogP contribution in [-0.2, 0) is 11.8 Å². The highest BCUT2D eigenvalue weighted by atomic mass is 16.5. The van der Waals surface area contributed by atoms with Gasteiger partial charge in [-0.2, -0.15) is 5.10 Å². The van der Waals surface area contributed by atoms with Gasteiger partial charge < -0.3 is 10.5 Å². The Balaban J connectivity index is 2.20. The van der Waals surface area contributed by atoms with Gasteiger partial charge in [0.25, 0.3) is 0 Å². The maximum atomic E-state index is 6.02. The Morgan fingerprint density at radius 1 is 1.58 bits per heavy atom. The van der Waals surface area contributed by atoms with Gasteiger partial charge in [-0.15, -0.1) is 0 Å². The Kier molecular flexibility index (Phi) is 4.28. The largest absolute Gasteiger partial charge is 0.377 e. The average Bonchev–Trinajstić information content (AvgIpc) is 2.72. The van der Waals surface area contributed by atoms with Crippen molar-refractivity contribution in [3.8, 4) is 0 Å². The van der Waals surface area contributed by atoms with Crippen LogP contribution in [0.1, 0.15) is 37.1 Å². The van der Waals surface area contributed by atoms with Crippen molar-refractivity contribution in [3.63, 3.8) is 0 Å². The summed E-state index contributed by atoms with van der Waals surface area (Å²) in [6.07, 6.45) is 4.22. The lowest BCUT2D eigenvalue weighted by Crippen LogP contribution is -2.50. The van der Waals surface area contributed by atoms with Crippen LogP contribution in [0.3, 0.4) is 0 Å². The molecule has 1 aliphatic rings. The van der Waals surface area contributed by atoms with Gasteiger partial charge in [0.05, 0.1) is 17.8 Å². The van der Waals surface area contributed by atoms with Crippen molar-refractivity contribution in [2.45, 2.75) is 38.3 Å². The van der Waals surface area contributed by atoms with Crippen molar-refractivity contribution in [1.29, 1.82) is 0 Å². The van der Waals surface area contributed by atoms with Crippen LogP contribution < -0.4 is 5.73 Å². The van der Waals surface area contributed by atoms with E-state index < -0.39 is 0 Å². The van der Waals surface area contributed by atoms with Gasteiger partial charge >= 0.3 is 0 Å². The molecule has 0 saturated carbocycles. The predicted octanol–water partition coefficient (Wildman–Crippen LogP) is 1.23. The number of likely N-dealkylation sites (tertiary alicyclic amines) is 1. The minimum Gasteiger partial charge on any atom is -0.377 e. The van der Waals surface area contributed by atoms with Crippen molar-refractivity contribution in [2.24, 2.45) is 12.8 Å². The molecular formula is C14H26N4O. The summed E-state index contributed by atoms with van der Waals surface area (Å²) >= 11 is 0. The number of aromatic nitrogens is 2. The summed E-state index contributed by atoms with van der Waals surface area (Å²) in [4.78, 5) is 2.44. The van der Waals surface area contributed by atoms with Crippen molar-refractivity contribution in [1.82, 2.24) is 14.7 Å². The summed E-state index contributed by atoms with van der Waals surface area (Å²) < 4.78 is 7.59. The van der Waals surface area contributed by atoms with E-state index in [4.69, 9.17) is 10.5 Å². The van der Waals surface area contributed by atoms with E-state index >= 15 is 0 Å². The number of nitrogens with zero attached hydrogens (tertiary/aromatic N) is 3. The number of methoxy groups -OCH3 is 1. The molecule has 0 bridgehead atoms. The maximum absolute atomic E-state index is 6.02. The Morgan fingerprint density at radius 3 is 2.84 bits per heavy atom. The molecule has 1 aliphatic heterocycles. The fourth-order valence-corrected chi connectivity index (χ4v) is 2.99. The van der Waals surface area contributed by atoms with Crippen LogP contribution in [0.5, 0.6) is 0 Å². The van der Waals surface area contributed by atoms with Gasteiger partial charge in [0.2, 0.25) is 0 Å². The molecule has 0 aromatic carbocycles. The molecule has 5 heteroatoms. The van der Waals surface area contributed by atoms with Crippen LogP contribution in [0.2, 0.25) is 0 Å². The zero-order valence-electron chi connectivity index (χ0n) is 12.5. The molecule has 2 heterocycles. The molecule has 0 spiro atoms. The molecule has 0 amide bonds. The number of ether oxygens (including phenoxy) is 1. The second-order valence-electron chi connectivity index (χ2n) is 5.79. The summed E-state index contributed by atoms with van der Waals surface area (Å²) in [6, 6.07) is 0.239. The third kappa shape index (κ3) is 2.83. The molecule has 1 aromatic rings. The monoisotopic (exact) mass is 266 g/mol. The summed E-state index contributed by atoms with van der Waals surface area (Å²) in [5, 5.41) is 4.34. The highest BCUT2D eigenvalue weighted by Crippen LogP contribution is 2.31. The maximum Gasteiger partial charge on any atom is 0.0777 e. The van der Waals surface area contributed by atoms with Crippen molar-refractivity contribution >= 4 is 0 Å². The molecule has 2 unspecified atom stereocenters. The van der Waals surface area contributed by atoms with Gasteiger partial charge in [0.15, 0.2) is 0 Å². The molecule has 1 aromatic heterocycles. The number of piperidine rings is 1. The molecule has 1 fully saturated rings. The molecule has 2 atom stereocenters. The van der Waals surface area contributed by atoms with Gasteiger partial charge in [0.1, 0.15) is 0 Å². The Hall–Kier alpha value is -0.910. The standard InChI is InChI=1S/C14H26N4O/c1-11-12(9-16-17(11)3)13(8-15)18-7-5-6-14(2,10-18)19-4/h9,13H,5-8,10,15H2,1-4H3. The number of hydrogen-bond donors (Lipinski definition) is 1. The first kappa shape index (κ1) is 14.5. The number of hydrogen-bond acceptors (Lipinski definition) is 4. The van der Waals surface area contributed by atoms with Crippen LogP contribution >= 0.6 is 0 Å². The molecule has 0 radical (unpaired) electrons. The highest BCUT2D eigenvalue weighted by Gasteiger charge is 2.34. The molecule has 0 aliphatic carbocycles. The highest BCUT2D eigenvalue weighted by molar-refractivity contribution is 5.21. The fraction of sp³-hybridized carbons (Fsp3) is 0.786. The van der Waals surface area contributed by atoms with Gasteiger partial charge in [-0.05, 0) is 33.2 Å². The van der Waals surface area contributed by atoms with Crippen LogP contribution in [0.15, 0.2) is 6.20 Å². The molecule has 5 nitrogen and oxygen atoms in total. The van der Waals surface area contributed by atoms with E-state index in [1.807, 2.05) is 17.9 Å². The topological polar surface area (TPSA) is 56.3 Å². The summed E-state index contributed by atoms with van der Waals surface area (Å²) in [5.74, 6) is 0. The minimum absolute atomic E-state index is 0.0538. The second kappa shape index (κ2) is 5.61. The Labute approximate surface area is 115 Å². The van der Waals surface area contributed by atoms with Crippen molar-refractivity contribution in [2.75, 3.05) is 26.7 Å².